The smallest absolute Gasteiger partial charge is 0.307 e. The number of carbonyl (C=O) groups is 4. The Morgan fingerprint density at radius 3 is 2.29 bits per heavy atom. The quantitative estimate of drug-likeness (QED) is 0.403. The molecule has 0 saturated carbocycles. The fourth-order valence-corrected chi connectivity index (χ4v) is 5.18. The van der Waals surface area contributed by atoms with Crippen molar-refractivity contribution in [3.05, 3.63) is 70.8 Å². The van der Waals surface area contributed by atoms with Crippen LogP contribution in [0.3, 0.4) is 0 Å². The third-order valence-electron chi connectivity index (χ3n) is 7.14. The fraction of sp³-hybridized carbons (Fsp3) is 0.429. The molecule has 7 heteroatoms. The largest absolute Gasteiger partial charge is 0.481 e. The summed E-state index contributed by atoms with van der Waals surface area (Å²) in [6, 6.07) is 14.0. The Labute approximate surface area is 205 Å². The highest BCUT2D eigenvalue weighted by Crippen LogP contribution is 2.34. The number of hydrogen-bond acceptors (Lipinski definition) is 4. The summed E-state index contributed by atoms with van der Waals surface area (Å²) in [6.45, 7) is 2.57. The van der Waals surface area contributed by atoms with Gasteiger partial charge < -0.3 is 10.0 Å². The molecule has 2 aliphatic heterocycles. The molecule has 0 aliphatic carbocycles. The molecule has 2 aromatic carbocycles. The number of hydrogen-bond donors (Lipinski definition) is 1. The number of unbranched alkanes of at least 4 members (excludes halogenated alkanes) is 3. The number of carboxylic acids is 1. The Morgan fingerprint density at radius 2 is 1.63 bits per heavy atom. The van der Waals surface area contributed by atoms with Gasteiger partial charge in [0.05, 0.1) is 29.6 Å². The molecule has 0 radical (unpaired) electrons. The summed E-state index contributed by atoms with van der Waals surface area (Å²) in [4.78, 5) is 54.3. The zero-order valence-electron chi connectivity index (χ0n) is 20.1. The van der Waals surface area contributed by atoms with Crippen molar-refractivity contribution < 1.29 is 24.3 Å². The maximum absolute atomic E-state index is 13.5. The highest BCUT2D eigenvalue weighted by molar-refractivity contribution is 6.21. The van der Waals surface area contributed by atoms with Crippen molar-refractivity contribution in [3.8, 4) is 0 Å². The van der Waals surface area contributed by atoms with Crippen LogP contribution in [0.4, 0.5) is 0 Å². The van der Waals surface area contributed by atoms with E-state index in [2.05, 4.69) is 6.92 Å². The van der Waals surface area contributed by atoms with E-state index in [9.17, 15) is 24.3 Å². The molecule has 2 atom stereocenters. The summed E-state index contributed by atoms with van der Waals surface area (Å²) in [6.07, 6.45) is 4.87. The number of rotatable bonds is 10. The molecule has 2 aromatic rings. The zero-order chi connectivity index (χ0) is 24.9. The SMILES string of the molecule is CCCCCCC(CC(=O)N1CCc2ccccc2C1CN1C(=O)c2ccccc2C1=O)C(=O)O. The van der Waals surface area contributed by atoms with Crippen LogP contribution in [0.5, 0.6) is 0 Å². The number of carbonyl (C=O) groups excluding carboxylic acids is 3. The van der Waals surface area contributed by atoms with Crippen LogP contribution in [0.15, 0.2) is 48.5 Å². The summed E-state index contributed by atoms with van der Waals surface area (Å²) in [5, 5.41) is 9.73. The molecule has 0 bridgehead atoms. The van der Waals surface area contributed by atoms with E-state index in [0.717, 1.165) is 36.8 Å². The lowest BCUT2D eigenvalue weighted by molar-refractivity contribution is -0.147. The fourth-order valence-electron chi connectivity index (χ4n) is 5.18. The number of nitrogens with zero attached hydrogens (tertiary/aromatic N) is 2. The van der Waals surface area contributed by atoms with Gasteiger partial charge in [-0.2, -0.15) is 0 Å². The standard InChI is InChI=1S/C28H32N2O5/c1-2-3-4-5-11-20(28(34)35)17-25(31)29-16-15-19-10-6-7-12-21(19)24(29)18-30-26(32)22-13-8-9-14-23(22)27(30)33/h6-10,12-14,20,24H,2-5,11,15-18H2,1H3,(H,34,35). The molecule has 35 heavy (non-hydrogen) atoms. The lowest BCUT2D eigenvalue weighted by atomic mass is 9.90. The van der Waals surface area contributed by atoms with Gasteiger partial charge in [0.25, 0.3) is 11.8 Å². The van der Waals surface area contributed by atoms with Gasteiger partial charge in [-0.3, -0.25) is 24.1 Å². The van der Waals surface area contributed by atoms with E-state index in [1.54, 1.807) is 29.2 Å². The van der Waals surface area contributed by atoms with Gasteiger partial charge in [0.15, 0.2) is 0 Å². The summed E-state index contributed by atoms with van der Waals surface area (Å²) >= 11 is 0. The molecule has 1 N–H and O–H groups in total. The van der Waals surface area contributed by atoms with Crippen molar-refractivity contribution in [2.75, 3.05) is 13.1 Å². The van der Waals surface area contributed by atoms with Crippen LogP contribution < -0.4 is 0 Å². The predicted molar refractivity (Wildman–Crippen MR) is 131 cm³/mol. The second-order valence-electron chi connectivity index (χ2n) is 9.41. The first-order chi connectivity index (χ1) is 16.9. The van der Waals surface area contributed by atoms with Crippen molar-refractivity contribution >= 4 is 23.7 Å². The number of fused-ring (bicyclic) bond motifs is 2. The van der Waals surface area contributed by atoms with Gasteiger partial charge in [-0.1, -0.05) is 69.0 Å². The first-order valence-corrected chi connectivity index (χ1v) is 12.5. The van der Waals surface area contributed by atoms with E-state index in [-0.39, 0.29) is 30.7 Å². The summed E-state index contributed by atoms with van der Waals surface area (Å²) in [5.41, 5.74) is 2.72. The highest BCUT2D eigenvalue weighted by Gasteiger charge is 2.40. The van der Waals surface area contributed by atoms with Crippen molar-refractivity contribution in [3.63, 3.8) is 0 Å². The lowest BCUT2D eigenvalue weighted by Gasteiger charge is -2.39. The van der Waals surface area contributed by atoms with Crippen molar-refractivity contribution in [2.45, 2.75) is 57.9 Å². The Morgan fingerprint density at radius 1 is 0.971 bits per heavy atom. The van der Waals surface area contributed by atoms with Crippen molar-refractivity contribution in [1.29, 1.82) is 0 Å². The minimum Gasteiger partial charge on any atom is -0.481 e. The normalized spacial score (nSPS) is 17.8. The second-order valence-corrected chi connectivity index (χ2v) is 9.41. The second kappa shape index (κ2) is 10.8. The third-order valence-corrected chi connectivity index (χ3v) is 7.14. The highest BCUT2D eigenvalue weighted by atomic mass is 16.4. The van der Waals surface area contributed by atoms with Crippen LogP contribution in [-0.2, 0) is 16.0 Å². The molecule has 2 heterocycles. The molecule has 0 aromatic heterocycles. The predicted octanol–water partition coefficient (Wildman–Crippen LogP) is 4.47. The van der Waals surface area contributed by atoms with Crippen LogP contribution in [0.1, 0.15) is 83.3 Å². The molecule has 0 fully saturated rings. The lowest BCUT2D eigenvalue weighted by Crippen LogP contribution is -2.47. The summed E-state index contributed by atoms with van der Waals surface area (Å²) < 4.78 is 0. The minimum atomic E-state index is -0.954. The van der Waals surface area contributed by atoms with Crippen LogP contribution in [-0.4, -0.2) is 51.7 Å². The maximum atomic E-state index is 13.5. The van der Waals surface area contributed by atoms with Crippen molar-refractivity contribution in [1.82, 2.24) is 9.80 Å². The Kier molecular flexibility index (Phi) is 7.63. The minimum absolute atomic E-state index is 0.0450. The van der Waals surface area contributed by atoms with Crippen molar-refractivity contribution in [2.24, 2.45) is 5.92 Å². The van der Waals surface area contributed by atoms with Crippen LogP contribution in [0, 0.1) is 5.92 Å². The van der Waals surface area contributed by atoms with E-state index in [4.69, 9.17) is 0 Å². The summed E-state index contributed by atoms with van der Waals surface area (Å²) in [5.74, 6) is -2.66. The van der Waals surface area contributed by atoms with Gasteiger partial charge in [0, 0.05) is 13.0 Å². The first kappa shape index (κ1) is 24.6. The number of imide groups is 1. The molecular weight excluding hydrogens is 444 g/mol. The van der Waals surface area contributed by atoms with Gasteiger partial charge in [0.2, 0.25) is 5.91 Å². The molecule has 0 saturated heterocycles. The monoisotopic (exact) mass is 476 g/mol. The van der Waals surface area contributed by atoms with Gasteiger partial charge in [-0.25, -0.2) is 0 Å². The van der Waals surface area contributed by atoms with E-state index in [1.165, 1.54) is 4.90 Å². The zero-order valence-corrected chi connectivity index (χ0v) is 20.1. The van der Waals surface area contributed by atoms with Gasteiger partial charge in [-0.05, 0) is 36.1 Å². The van der Waals surface area contributed by atoms with Gasteiger partial charge in [-0.15, -0.1) is 0 Å². The number of benzene rings is 2. The van der Waals surface area contributed by atoms with E-state index in [1.807, 2.05) is 24.3 Å². The number of amides is 3. The topological polar surface area (TPSA) is 95.0 Å². The average molecular weight is 477 g/mol. The van der Waals surface area contributed by atoms with Crippen LogP contribution >= 0.6 is 0 Å². The molecule has 3 amide bonds. The maximum Gasteiger partial charge on any atom is 0.307 e. The molecule has 4 rings (SSSR count). The molecular formula is C28H32N2O5. The molecule has 0 spiro atoms. The molecule has 184 valence electrons. The Bertz CT molecular complexity index is 1090. The average Bonchev–Trinajstić information content (AvgIpc) is 3.10. The molecule has 2 unspecified atom stereocenters. The number of aliphatic carboxylic acids is 1. The Balaban J connectivity index is 1.56. The van der Waals surface area contributed by atoms with Crippen LogP contribution in [0.25, 0.3) is 0 Å². The van der Waals surface area contributed by atoms with Gasteiger partial charge >= 0.3 is 5.97 Å². The van der Waals surface area contributed by atoms with E-state index < -0.39 is 17.9 Å². The molecule has 2 aliphatic rings. The van der Waals surface area contributed by atoms with E-state index >= 15 is 0 Å². The van der Waals surface area contributed by atoms with Crippen LogP contribution in [0.2, 0.25) is 0 Å². The third kappa shape index (κ3) is 5.14. The summed E-state index contributed by atoms with van der Waals surface area (Å²) in [7, 11) is 0. The van der Waals surface area contributed by atoms with Gasteiger partial charge in [0.1, 0.15) is 0 Å². The Hall–Kier alpha value is -3.48. The first-order valence-electron chi connectivity index (χ1n) is 12.5. The molecule has 7 nitrogen and oxygen atoms in total. The van der Waals surface area contributed by atoms with E-state index in [0.29, 0.717) is 30.5 Å². The number of carboxylic acid groups (broad SMARTS) is 1.